The van der Waals surface area contributed by atoms with Crippen LogP contribution in [0.15, 0.2) is 0 Å². The van der Waals surface area contributed by atoms with Crippen molar-refractivity contribution in [3.8, 4) is 0 Å². The highest BCUT2D eigenvalue weighted by atomic mass is 32.2. The van der Waals surface area contributed by atoms with Crippen LogP contribution in [0.4, 0.5) is 0 Å². The van der Waals surface area contributed by atoms with Crippen molar-refractivity contribution >= 4 is 23.3 Å². The first-order valence-electron chi connectivity index (χ1n) is 4.90. The van der Waals surface area contributed by atoms with E-state index in [0.717, 1.165) is 25.7 Å². The molecule has 1 saturated heterocycles. The van der Waals surface area contributed by atoms with Gasteiger partial charge in [0.15, 0.2) is 0 Å². The van der Waals surface area contributed by atoms with E-state index in [9.17, 15) is 9.59 Å². The maximum absolute atomic E-state index is 11.2. The second-order valence-corrected chi connectivity index (χ2v) is 4.47. The van der Waals surface area contributed by atoms with Gasteiger partial charge >= 0.3 is 0 Å². The molecular weight excluding hydrogens is 184 g/mol. The van der Waals surface area contributed by atoms with E-state index in [4.69, 9.17) is 0 Å². The lowest BCUT2D eigenvalue weighted by atomic mass is 10.1. The van der Waals surface area contributed by atoms with Gasteiger partial charge in [-0.25, -0.2) is 0 Å². The first kappa shape index (κ1) is 10.8. The molecule has 1 aliphatic rings. The minimum absolute atomic E-state index is 0.305. The molecule has 0 N–H and O–H groups in total. The summed E-state index contributed by atoms with van der Waals surface area (Å²) >= 11 is 1.48. The minimum atomic E-state index is 0.305. The maximum atomic E-state index is 11.2. The van der Waals surface area contributed by atoms with Gasteiger partial charge in [-0.15, -0.1) is 11.8 Å². The summed E-state index contributed by atoms with van der Waals surface area (Å²) in [6.07, 6.45) is 5.64. The van der Waals surface area contributed by atoms with Crippen molar-refractivity contribution in [2.75, 3.05) is 11.5 Å². The maximum Gasteiger partial charge on any atom is 0.142 e. The molecule has 2 nitrogen and oxygen atoms in total. The Morgan fingerprint density at radius 1 is 0.769 bits per heavy atom. The van der Waals surface area contributed by atoms with Gasteiger partial charge in [0.25, 0.3) is 0 Å². The van der Waals surface area contributed by atoms with E-state index in [-0.39, 0.29) is 0 Å². The predicted molar refractivity (Wildman–Crippen MR) is 55.0 cm³/mol. The molecule has 0 aromatic rings. The SMILES string of the molecule is O=C1CCCCCCC(=O)CSC1. The average molecular weight is 200 g/mol. The highest BCUT2D eigenvalue weighted by molar-refractivity contribution is 8.00. The lowest BCUT2D eigenvalue weighted by molar-refractivity contribution is -0.117. The summed E-state index contributed by atoms with van der Waals surface area (Å²) in [4.78, 5) is 22.4. The molecule has 0 aliphatic carbocycles. The number of thioether (sulfide) groups is 1. The normalized spacial score (nSPS) is 22.5. The van der Waals surface area contributed by atoms with Gasteiger partial charge in [-0.3, -0.25) is 9.59 Å². The second kappa shape index (κ2) is 6.19. The van der Waals surface area contributed by atoms with Gasteiger partial charge in [-0.1, -0.05) is 12.8 Å². The van der Waals surface area contributed by atoms with E-state index >= 15 is 0 Å². The first-order chi connectivity index (χ1) is 6.29. The van der Waals surface area contributed by atoms with Gasteiger partial charge in [-0.05, 0) is 12.8 Å². The molecule has 0 bridgehead atoms. The van der Waals surface area contributed by atoms with Crippen LogP contribution in [0.1, 0.15) is 38.5 Å². The average Bonchev–Trinajstić information content (AvgIpc) is 2.13. The molecule has 1 fully saturated rings. The standard InChI is InChI=1S/C10H16O2S/c11-9-5-3-1-2-4-6-10(12)8-13-7-9/h1-8H2. The second-order valence-electron chi connectivity index (χ2n) is 3.48. The Bertz CT molecular complexity index is 169. The summed E-state index contributed by atoms with van der Waals surface area (Å²) < 4.78 is 0. The summed E-state index contributed by atoms with van der Waals surface area (Å²) in [6.45, 7) is 0. The summed E-state index contributed by atoms with van der Waals surface area (Å²) in [5, 5.41) is 0. The summed E-state index contributed by atoms with van der Waals surface area (Å²) in [5.74, 6) is 1.68. The van der Waals surface area contributed by atoms with Gasteiger partial charge in [0.1, 0.15) is 11.6 Å². The molecule has 0 radical (unpaired) electrons. The highest BCUT2D eigenvalue weighted by Crippen LogP contribution is 2.12. The highest BCUT2D eigenvalue weighted by Gasteiger charge is 2.07. The van der Waals surface area contributed by atoms with Crippen LogP contribution in [0.25, 0.3) is 0 Å². The number of Topliss-reactive ketones (excluding diaryl/α,β-unsaturated/α-hetero) is 2. The van der Waals surface area contributed by atoms with Crippen molar-refractivity contribution in [2.45, 2.75) is 38.5 Å². The third-order valence-electron chi connectivity index (χ3n) is 2.19. The number of ketones is 2. The van der Waals surface area contributed by atoms with Crippen LogP contribution in [-0.2, 0) is 9.59 Å². The zero-order valence-corrected chi connectivity index (χ0v) is 8.70. The van der Waals surface area contributed by atoms with Crippen LogP contribution in [-0.4, -0.2) is 23.1 Å². The third-order valence-corrected chi connectivity index (χ3v) is 3.24. The Morgan fingerprint density at radius 3 is 1.69 bits per heavy atom. The molecule has 3 heteroatoms. The molecule has 74 valence electrons. The number of hydrogen-bond acceptors (Lipinski definition) is 3. The van der Waals surface area contributed by atoms with Crippen LogP contribution in [0.2, 0.25) is 0 Å². The van der Waals surface area contributed by atoms with E-state index in [1.807, 2.05) is 0 Å². The van der Waals surface area contributed by atoms with Crippen molar-refractivity contribution in [3.63, 3.8) is 0 Å². The molecule has 1 rings (SSSR count). The van der Waals surface area contributed by atoms with Crippen LogP contribution < -0.4 is 0 Å². The fourth-order valence-corrected chi connectivity index (χ4v) is 2.27. The zero-order valence-electron chi connectivity index (χ0n) is 7.88. The van der Waals surface area contributed by atoms with Crippen LogP contribution >= 0.6 is 11.8 Å². The minimum Gasteiger partial charge on any atom is -0.299 e. The summed E-state index contributed by atoms with van der Waals surface area (Å²) in [5.41, 5.74) is 0. The fraction of sp³-hybridized carbons (Fsp3) is 0.800. The van der Waals surface area contributed by atoms with Crippen LogP contribution in [0.5, 0.6) is 0 Å². The third kappa shape index (κ3) is 5.09. The van der Waals surface area contributed by atoms with Crippen molar-refractivity contribution in [1.82, 2.24) is 0 Å². The lowest BCUT2D eigenvalue weighted by Gasteiger charge is -1.97. The number of hydrogen-bond donors (Lipinski definition) is 0. The van der Waals surface area contributed by atoms with E-state index in [2.05, 4.69) is 0 Å². The van der Waals surface area contributed by atoms with E-state index in [0.29, 0.717) is 35.9 Å². The molecule has 1 heterocycles. The molecule has 0 aromatic carbocycles. The Morgan fingerprint density at radius 2 is 1.23 bits per heavy atom. The van der Waals surface area contributed by atoms with E-state index < -0.39 is 0 Å². The fourth-order valence-electron chi connectivity index (χ4n) is 1.42. The van der Waals surface area contributed by atoms with E-state index in [1.165, 1.54) is 11.8 Å². The monoisotopic (exact) mass is 200 g/mol. The molecule has 1 aliphatic heterocycles. The van der Waals surface area contributed by atoms with Crippen LogP contribution in [0.3, 0.4) is 0 Å². The smallest absolute Gasteiger partial charge is 0.142 e. The van der Waals surface area contributed by atoms with Crippen molar-refractivity contribution < 1.29 is 9.59 Å². The lowest BCUT2D eigenvalue weighted by Crippen LogP contribution is -2.05. The van der Waals surface area contributed by atoms with Gasteiger partial charge in [0.2, 0.25) is 0 Å². The Kier molecular flexibility index (Phi) is 5.13. The van der Waals surface area contributed by atoms with Gasteiger partial charge < -0.3 is 0 Å². The van der Waals surface area contributed by atoms with Gasteiger partial charge in [0.05, 0.1) is 11.5 Å². The van der Waals surface area contributed by atoms with Gasteiger partial charge in [0, 0.05) is 12.8 Å². The first-order valence-corrected chi connectivity index (χ1v) is 6.05. The largest absolute Gasteiger partial charge is 0.299 e. The van der Waals surface area contributed by atoms with Gasteiger partial charge in [-0.2, -0.15) is 0 Å². The number of rotatable bonds is 0. The Balaban J connectivity index is 2.31. The molecule has 0 aromatic heterocycles. The molecule has 0 unspecified atom stereocenters. The molecule has 13 heavy (non-hydrogen) atoms. The number of carbonyl (C=O) groups excluding carboxylic acids is 2. The summed E-state index contributed by atoms with van der Waals surface area (Å²) in [6, 6.07) is 0. The molecular formula is C10H16O2S. The molecule has 0 atom stereocenters. The van der Waals surface area contributed by atoms with Crippen molar-refractivity contribution in [1.29, 1.82) is 0 Å². The quantitative estimate of drug-likeness (QED) is 0.601. The Labute approximate surface area is 83.5 Å². The van der Waals surface area contributed by atoms with Crippen molar-refractivity contribution in [2.24, 2.45) is 0 Å². The Hall–Kier alpha value is -0.310. The molecule has 0 saturated carbocycles. The predicted octanol–water partition coefficient (Wildman–Crippen LogP) is 2.21. The van der Waals surface area contributed by atoms with Crippen LogP contribution in [0, 0.1) is 0 Å². The molecule has 0 spiro atoms. The zero-order chi connectivity index (χ0) is 9.52. The molecule has 0 amide bonds. The topological polar surface area (TPSA) is 34.1 Å². The van der Waals surface area contributed by atoms with Crippen molar-refractivity contribution in [3.05, 3.63) is 0 Å². The number of carbonyl (C=O) groups is 2. The van der Waals surface area contributed by atoms with E-state index in [1.54, 1.807) is 0 Å². The summed E-state index contributed by atoms with van der Waals surface area (Å²) in [7, 11) is 0.